The monoisotopic (exact) mass is 553 g/mol. The standard InChI is InChI=1S/C21H18BrCl2N5O2S/c1-2-9-29-18(11-25-20(31)16-8-5-14(23)10-17(16)24)27-28-21(29)32-12-19(30)26-15-6-3-13(22)4-7-15/h2-8,10H,1,9,11-12H2,(H,25,31)(H,26,30). The second kappa shape index (κ2) is 11.5. The van der Waals surface area contributed by atoms with Gasteiger partial charge in [0.2, 0.25) is 5.91 Å². The topological polar surface area (TPSA) is 88.9 Å². The quantitative estimate of drug-likeness (QED) is 0.280. The largest absolute Gasteiger partial charge is 0.345 e. The average Bonchev–Trinajstić information content (AvgIpc) is 3.14. The Labute approximate surface area is 207 Å². The Kier molecular flexibility index (Phi) is 8.75. The number of hydrogen-bond donors (Lipinski definition) is 2. The number of hydrogen-bond acceptors (Lipinski definition) is 5. The number of thioether (sulfide) groups is 1. The molecule has 0 saturated carbocycles. The molecule has 0 aliphatic carbocycles. The highest BCUT2D eigenvalue weighted by atomic mass is 79.9. The van der Waals surface area contributed by atoms with Crippen molar-refractivity contribution in [3.8, 4) is 0 Å². The molecule has 0 spiro atoms. The Bertz CT molecular complexity index is 1140. The summed E-state index contributed by atoms with van der Waals surface area (Å²) in [6, 6.07) is 12.0. The van der Waals surface area contributed by atoms with Gasteiger partial charge in [-0.3, -0.25) is 9.59 Å². The molecule has 2 amide bonds. The maximum Gasteiger partial charge on any atom is 0.253 e. The Morgan fingerprint density at radius 2 is 1.91 bits per heavy atom. The molecule has 1 heterocycles. The molecule has 11 heteroatoms. The van der Waals surface area contributed by atoms with Crippen molar-refractivity contribution in [2.24, 2.45) is 0 Å². The summed E-state index contributed by atoms with van der Waals surface area (Å²) in [4.78, 5) is 24.7. The van der Waals surface area contributed by atoms with Gasteiger partial charge in [0.25, 0.3) is 5.91 Å². The molecule has 2 aromatic carbocycles. The minimum Gasteiger partial charge on any atom is -0.345 e. The molecule has 3 aromatic rings. The number of amides is 2. The molecule has 0 unspecified atom stereocenters. The third-order valence-corrected chi connectivity index (χ3v) is 6.19. The molecule has 0 atom stereocenters. The number of aromatic nitrogens is 3. The van der Waals surface area contributed by atoms with E-state index in [-0.39, 0.29) is 29.1 Å². The van der Waals surface area contributed by atoms with E-state index in [0.29, 0.717) is 33.8 Å². The summed E-state index contributed by atoms with van der Waals surface area (Å²) >= 11 is 16.6. The fourth-order valence-electron chi connectivity index (χ4n) is 2.66. The fourth-order valence-corrected chi connectivity index (χ4v) is 4.18. The smallest absolute Gasteiger partial charge is 0.253 e. The SMILES string of the molecule is C=CCn1c(CNC(=O)c2ccc(Cl)cc2Cl)nnc1SCC(=O)Nc1ccc(Br)cc1. The van der Waals surface area contributed by atoms with Gasteiger partial charge in [-0.1, -0.05) is 57.0 Å². The van der Waals surface area contributed by atoms with Crippen LogP contribution in [0.25, 0.3) is 0 Å². The van der Waals surface area contributed by atoms with Crippen LogP contribution in [0.2, 0.25) is 10.0 Å². The van der Waals surface area contributed by atoms with E-state index in [2.05, 4.69) is 43.3 Å². The first-order valence-electron chi connectivity index (χ1n) is 9.32. The number of carbonyl (C=O) groups is 2. The molecular weight excluding hydrogens is 537 g/mol. The molecule has 0 radical (unpaired) electrons. The molecule has 0 bridgehead atoms. The van der Waals surface area contributed by atoms with Crippen molar-refractivity contribution in [2.75, 3.05) is 11.1 Å². The summed E-state index contributed by atoms with van der Waals surface area (Å²) in [5.41, 5.74) is 1.01. The van der Waals surface area contributed by atoms with Crippen LogP contribution in [-0.4, -0.2) is 32.3 Å². The van der Waals surface area contributed by atoms with Crippen LogP contribution in [0.1, 0.15) is 16.2 Å². The second-order valence-corrected chi connectivity index (χ2v) is 9.15. The number of nitrogens with zero attached hydrogens (tertiary/aromatic N) is 3. The molecule has 0 aliphatic rings. The highest BCUT2D eigenvalue weighted by Gasteiger charge is 2.16. The second-order valence-electron chi connectivity index (χ2n) is 6.45. The van der Waals surface area contributed by atoms with Gasteiger partial charge in [0.15, 0.2) is 11.0 Å². The summed E-state index contributed by atoms with van der Waals surface area (Å²) in [6.45, 7) is 4.31. The van der Waals surface area contributed by atoms with E-state index in [1.165, 1.54) is 17.8 Å². The van der Waals surface area contributed by atoms with Crippen LogP contribution in [0.15, 0.2) is 64.7 Å². The van der Waals surface area contributed by atoms with Gasteiger partial charge in [-0.05, 0) is 42.5 Å². The number of nitrogens with one attached hydrogen (secondary N) is 2. The number of benzene rings is 2. The van der Waals surface area contributed by atoms with Crippen LogP contribution in [0.3, 0.4) is 0 Å². The van der Waals surface area contributed by atoms with Gasteiger partial charge in [-0.2, -0.15) is 0 Å². The van der Waals surface area contributed by atoms with Crippen LogP contribution < -0.4 is 10.6 Å². The third-order valence-electron chi connectivity index (χ3n) is 4.15. The van der Waals surface area contributed by atoms with Crippen molar-refractivity contribution in [3.05, 3.63) is 81.0 Å². The van der Waals surface area contributed by atoms with Crippen molar-refractivity contribution in [2.45, 2.75) is 18.2 Å². The highest BCUT2D eigenvalue weighted by molar-refractivity contribution is 9.10. The van der Waals surface area contributed by atoms with Gasteiger partial charge in [-0.15, -0.1) is 16.8 Å². The molecule has 2 N–H and O–H groups in total. The summed E-state index contributed by atoms with van der Waals surface area (Å²) in [6.07, 6.45) is 1.69. The van der Waals surface area contributed by atoms with Gasteiger partial charge in [0.1, 0.15) is 0 Å². The lowest BCUT2D eigenvalue weighted by Gasteiger charge is -2.10. The summed E-state index contributed by atoms with van der Waals surface area (Å²) in [7, 11) is 0. The number of allylic oxidation sites excluding steroid dienone is 1. The highest BCUT2D eigenvalue weighted by Crippen LogP contribution is 2.22. The van der Waals surface area contributed by atoms with Gasteiger partial charge in [-0.25, -0.2) is 0 Å². The zero-order valence-electron chi connectivity index (χ0n) is 16.6. The van der Waals surface area contributed by atoms with Crippen LogP contribution in [0.5, 0.6) is 0 Å². The first-order valence-corrected chi connectivity index (χ1v) is 11.8. The molecule has 0 saturated heterocycles. The van der Waals surface area contributed by atoms with E-state index in [9.17, 15) is 9.59 Å². The maximum absolute atomic E-state index is 12.5. The maximum atomic E-state index is 12.5. The predicted molar refractivity (Wildman–Crippen MR) is 131 cm³/mol. The van der Waals surface area contributed by atoms with E-state index in [1.54, 1.807) is 34.9 Å². The number of rotatable bonds is 9. The lowest BCUT2D eigenvalue weighted by Crippen LogP contribution is -2.25. The molecular formula is C21H18BrCl2N5O2S. The van der Waals surface area contributed by atoms with E-state index in [1.807, 2.05) is 12.1 Å². The third kappa shape index (κ3) is 6.59. The summed E-state index contributed by atoms with van der Waals surface area (Å²) in [5, 5.41) is 15.2. The van der Waals surface area contributed by atoms with E-state index in [0.717, 1.165) is 4.47 Å². The van der Waals surface area contributed by atoms with Crippen LogP contribution in [0.4, 0.5) is 5.69 Å². The minimum atomic E-state index is -0.358. The number of anilines is 1. The van der Waals surface area contributed by atoms with E-state index >= 15 is 0 Å². The summed E-state index contributed by atoms with van der Waals surface area (Å²) < 4.78 is 2.72. The molecule has 7 nitrogen and oxygen atoms in total. The Morgan fingerprint density at radius 1 is 1.16 bits per heavy atom. The Balaban J connectivity index is 1.61. The molecule has 3 rings (SSSR count). The molecule has 166 valence electrons. The number of carbonyl (C=O) groups excluding carboxylic acids is 2. The van der Waals surface area contributed by atoms with Gasteiger partial charge in [0.05, 0.1) is 22.9 Å². The first-order chi connectivity index (χ1) is 15.4. The zero-order valence-corrected chi connectivity index (χ0v) is 20.6. The Hall–Kier alpha value is -2.33. The minimum absolute atomic E-state index is 0.129. The molecule has 0 aliphatic heterocycles. The van der Waals surface area contributed by atoms with Crippen molar-refractivity contribution in [1.82, 2.24) is 20.1 Å². The molecule has 32 heavy (non-hydrogen) atoms. The fraction of sp³-hybridized carbons (Fsp3) is 0.143. The average molecular weight is 555 g/mol. The normalized spacial score (nSPS) is 10.6. The lowest BCUT2D eigenvalue weighted by atomic mass is 10.2. The van der Waals surface area contributed by atoms with E-state index < -0.39 is 0 Å². The first kappa shape index (κ1) is 24.3. The van der Waals surface area contributed by atoms with Crippen LogP contribution >= 0.6 is 50.9 Å². The molecule has 1 aromatic heterocycles. The van der Waals surface area contributed by atoms with Crippen molar-refractivity contribution in [3.63, 3.8) is 0 Å². The zero-order chi connectivity index (χ0) is 23.1. The van der Waals surface area contributed by atoms with Crippen LogP contribution in [-0.2, 0) is 17.9 Å². The van der Waals surface area contributed by atoms with Gasteiger partial charge >= 0.3 is 0 Å². The van der Waals surface area contributed by atoms with Crippen molar-refractivity contribution >= 4 is 68.4 Å². The predicted octanol–water partition coefficient (Wildman–Crippen LogP) is 5.19. The lowest BCUT2D eigenvalue weighted by molar-refractivity contribution is -0.113. The Morgan fingerprint density at radius 3 is 2.59 bits per heavy atom. The van der Waals surface area contributed by atoms with Crippen molar-refractivity contribution < 1.29 is 9.59 Å². The van der Waals surface area contributed by atoms with E-state index in [4.69, 9.17) is 23.2 Å². The van der Waals surface area contributed by atoms with Crippen LogP contribution in [0, 0.1) is 0 Å². The molecule has 0 fully saturated rings. The van der Waals surface area contributed by atoms with Crippen molar-refractivity contribution in [1.29, 1.82) is 0 Å². The van der Waals surface area contributed by atoms with Gasteiger partial charge < -0.3 is 15.2 Å². The summed E-state index contributed by atoms with van der Waals surface area (Å²) in [5.74, 6) is 0.151. The van der Waals surface area contributed by atoms with Gasteiger partial charge in [0, 0.05) is 21.7 Å². The number of halogens is 3.